The average molecular weight is 998 g/mol. The fourth-order valence-electron chi connectivity index (χ4n) is 8.99. The lowest BCUT2D eigenvalue weighted by atomic mass is 10.1. The Kier molecular flexibility index (Phi) is 14.8. The number of aromatic amines is 2. The highest BCUT2D eigenvalue weighted by Gasteiger charge is 2.36. The van der Waals surface area contributed by atoms with Gasteiger partial charge in [0.2, 0.25) is 11.2 Å². The molecule has 0 radical (unpaired) electrons. The maximum atomic E-state index is 12.6. The van der Waals surface area contributed by atoms with Crippen LogP contribution in [0, 0.1) is 27.0 Å². The van der Waals surface area contributed by atoms with Crippen LogP contribution in [0.5, 0.6) is 0 Å². The molecule has 0 spiro atoms. The zero-order valence-electron chi connectivity index (χ0n) is 41.9. The Labute approximate surface area is 429 Å². The summed E-state index contributed by atoms with van der Waals surface area (Å²) >= 11 is 5.86. The second kappa shape index (κ2) is 21.2. The molecular formula is C56H57ClN12O4. The van der Waals surface area contributed by atoms with E-state index in [0.29, 0.717) is 17.3 Å². The van der Waals surface area contributed by atoms with E-state index in [2.05, 4.69) is 56.6 Å². The summed E-state index contributed by atoms with van der Waals surface area (Å²) in [5.41, 5.74) is 17.9. The Bertz CT molecular complexity index is 3430. The molecule has 4 atom stereocenters. The van der Waals surface area contributed by atoms with Gasteiger partial charge in [-0.3, -0.25) is 0 Å². The quantitative estimate of drug-likeness (QED) is 0.0686. The van der Waals surface area contributed by atoms with Crippen LogP contribution >= 0.6 is 11.6 Å². The van der Waals surface area contributed by atoms with E-state index in [-0.39, 0.29) is 29.5 Å². The van der Waals surface area contributed by atoms with Crippen LogP contribution in [0.2, 0.25) is 5.28 Å². The number of ether oxygens (including phenoxy) is 2. The molecule has 8 aromatic rings. The number of nitrogens with one attached hydrogen (secondary N) is 5. The molecule has 17 heteroatoms. The first-order valence-electron chi connectivity index (χ1n) is 23.7. The van der Waals surface area contributed by atoms with Crippen molar-refractivity contribution in [1.29, 1.82) is 0 Å². The van der Waals surface area contributed by atoms with Gasteiger partial charge in [-0.1, -0.05) is 72.8 Å². The van der Waals surface area contributed by atoms with E-state index in [1.807, 2.05) is 141 Å². The fraction of sp³-hybridized carbons (Fsp3) is 0.286. The molecule has 0 saturated heterocycles. The smallest absolute Gasteiger partial charge is 0.408 e. The summed E-state index contributed by atoms with van der Waals surface area (Å²) in [5, 5.41) is 11.6. The van der Waals surface area contributed by atoms with Crippen LogP contribution in [0.15, 0.2) is 110 Å². The van der Waals surface area contributed by atoms with Crippen molar-refractivity contribution in [2.45, 2.75) is 104 Å². The number of fused-ring (bicyclic) bond motifs is 4. The van der Waals surface area contributed by atoms with Crippen molar-refractivity contribution < 1.29 is 19.1 Å². The van der Waals surface area contributed by atoms with Crippen molar-refractivity contribution in [3.8, 4) is 22.5 Å². The molecule has 0 fully saturated rings. The highest BCUT2D eigenvalue weighted by molar-refractivity contribution is 6.28. The van der Waals surface area contributed by atoms with E-state index >= 15 is 0 Å². The number of halogens is 1. The molecule has 372 valence electrons. The predicted octanol–water partition coefficient (Wildman–Crippen LogP) is 12.4. The molecule has 2 amide bonds. The molecule has 0 unspecified atom stereocenters. The average Bonchev–Trinajstić information content (AvgIpc) is 4.12. The van der Waals surface area contributed by atoms with Gasteiger partial charge in [0.05, 0.1) is 42.7 Å². The molecule has 73 heavy (non-hydrogen) atoms. The number of aromatic nitrogens is 6. The van der Waals surface area contributed by atoms with E-state index in [4.69, 9.17) is 44.9 Å². The minimum Gasteiger partial charge on any atom is -0.444 e. The number of alkyl carbamates (subject to hydrolysis) is 2. The summed E-state index contributed by atoms with van der Waals surface area (Å²) in [6.45, 7) is 29.3. The van der Waals surface area contributed by atoms with E-state index < -0.39 is 23.4 Å². The molecule has 2 aliphatic rings. The van der Waals surface area contributed by atoms with E-state index in [9.17, 15) is 9.59 Å². The fourth-order valence-corrected chi connectivity index (χ4v) is 9.12. The summed E-state index contributed by atoms with van der Waals surface area (Å²) < 4.78 is 10.8. The highest BCUT2D eigenvalue weighted by atomic mass is 35.5. The standard InChI is InChI=1S/C28H28N6O2.C14H9ClN4.C14H20N2O2/c1-16-14-31-26(33-24(16)21-15-30-22-13-18(29-5)10-11-20(21)22)32-23-12-17-8-6-7-9-19(17)25(23)34-27(35)36-28(2,3)4;1-8-6-18-14(15)19-13(8)11-7-17-12-5-9(16-2)3-4-10(11)12;1-14(2,3)18-13(17)16-12-10-7-5-4-6-9(10)8-11(12)15/h6-11,13-15,23,25,30H,12H2,1-4H3,(H,34,35)(H,31,32,33);3-7,17H,1H3;4-7,11-12H,8,15H2,1-3H3,(H,16,17)/t23-,25-;;11-,12-/m0.0/s1. The number of rotatable bonds is 6. The Balaban J connectivity index is 0.000000161. The Morgan fingerprint density at radius 3 is 1.70 bits per heavy atom. The van der Waals surface area contributed by atoms with Gasteiger partial charge in [-0.05, 0) is 125 Å². The number of carbonyl (C=O) groups is 2. The lowest BCUT2D eigenvalue weighted by Gasteiger charge is -2.26. The predicted molar refractivity (Wildman–Crippen MR) is 286 cm³/mol. The number of amides is 2. The van der Waals surface area contributed by atoms with Gasteiger partial charge in [0, 0.05) is 63.8 Å². The monoisotopic (exact) mass is 996 g/mol. The van der Waals surface area contributed by atoms with Crippen LogP contribution in [0.4, 0.5) is 26.9 Å². The first kappa shape index (κ1) is 51.1. The van der Waals surface area contributed by atoms with Crippen LogP contribution in [0.1, 0.15) is 87.0 Å². The maximum absolute atomic E-state index is 12.6. The molecule has 2 aliphatic carbocycles. The van der Waals surface area contributed by atoms with E-state index in [0.717, 1.165) is 85.0 Å². The molecule has 10 rings (SSSR count). The van der Waals surface area contributed by atoms with Crippen molar-refractivity contribution in [3.63, 3.8) is 0 Å². The number of nitrogens with zero attached hydrogens (tertiary/aromatic N) is 6. The zero-order chi connectivity index (χ0) is 52.2. The van der Waals surface area contributed by atoms with Gasteiger partial charge in [0.15, 0.2) is 11.4 Å². The summed E-state index contributed by atoms with van der Waals surface area (Å²) in [6.07, 6.45) is 7.93. The molecule has 0 bridgehead atoms. The number of nitrogens with two attached hydrogens (primary N) is 1. The van der Waals surface area contributed by atoms with Gasteiger partial charge in [-0.2, -0.15) is 0 Å². The molecular weight excluding hydrogens is 940 g/mol. The molecule has 0 aliphatic heterocycles. The number of anilines is 1. The van der Waals surface area contributed by atoms with Gasteiger partial charge in [-0.15, -0.1) is 0 Å². The largest absolute Gasteiger partial charge is 0.444 e. The second-order valence-electron chi connectivity index (χ2n) is 20.0. The molecule has 16 nitrogen and oxygen atoms in total. The molecule has 4 aromatic heterocycles. The number of aryl methyl sites for hydroxylation is 2. The van der Waals surface area contributed by atoms with Crippen molar-refractivity contribution in [2.24, 2.45) is 5.73 Å². The van der Waals surface area contributed by atoms with E-state index in [1.165, 1.54) is 5.56 Å². The van der Waals surface area contributed by atoms with Gasteiger partial charge < -0.3 is 41.1 Å². The Morgan fingerprint density at radius 1 is 0.685 bits per heavy atom. The Hall–Kier alpha value is -8.31. The molecule has 0 saturated carbocycles. The summed E-state index contributed by atoms with van der Waals surface area (Å²) in [4.78, 5) is 55.4. The topological polar surface area (TPSA) is 207 Å². The minimum atomic E-state index is -0.588. The van der Waals surface area contributed by atoms with Crippen LogP contribution in [-0.4, -0.2) is 65.4 Å². The maximum Gasteiger partial charge on any atom is 0.408 e. The van der Waals surface area contributed by atoms with Crippen LogP contribution < -0.4 is 21.7 Å². The zero-order valence-corrected chi connectivity index (χ0v) is 42.6. The summed E-state index contributed by atoms with van der Waals surface area (Å²) in [5.74, 6) is 0.483. The second-order valence-corrected chi connectivity index (χ2v) is 20.3. The first-order valence-corrected chi connectivity index (χ1v) is 24.1. The Morgan fingerprint density at radius 2 is 1.16 bits per heavy atom. The van der Waals surface area contributed by atoms with Gasteiger partial charge in [0.25, 0.3) is 0 Å². The third-order valence-electron chi connectivity index (χ3n) is 12.2. The van der Waals surface area contributed by atoms with E-state index in [1.54, 1.807) is 18.5 Å². The minimum absolute atomic E-state index is 0.0880. The van der Waals surface area contributed by atoms with Crippen molar-refractivity contribution >= 4 is 62.9 Å². The van der Waals surface area contributed by atoms with Crippen molar-refractivity contribution in [3.05, 3.63) is 171 Å². The number of hydrogen-bond donors (Lipinski definition) is 6. The van der Waals surface area contributed by atoms with Gasteiger partial charge >= 0.3 is 12.2 Å². The molecule has 4 heterocycles. The lowest BCUT2D eigenvalue weighted by molar-refractivity contribution is 0.0488. The van der Waals surface area contributed by atoms with Crippen molar-refractivity contribution in [1.82, 2.24) is 40.5 Å². The van der Waals surface area contributed by atoms with Crippen LogP contribution in [-0.2, 0) is 22.3 Å². The number of hydrogen-bond acceptors (Lipinski definition) is 10. The third kappa shape index (κ3) is 12.1. The third-order valence-corrected chi connectivity index (χ3v) is 12.4. The lowest BCUT2D eigenvalue weighted by Crippen LogP contribution is -2.41. The van der Waals surface area contributed by atoms with Crippen molar-refractivity contribution in [2.75, 3.05) is 5.32 Å². The number of carbonyl (C=O) groups excluding carboxylic acids is 2. The van der Waals surface area contributed by atoms with Gasteiger partial charge in [-0.25, -0.2) is 39.2 Å². The van der Waals surface area contributed by atoms with Crippen LogP contribution in [0.25, 0.3) is 54.0 Å². The SMILES string of the molecule is CC(C)(C)OC(=O)N[C@H]1c2ccccc2C[C@@H]1N.[C-]#[N+]c1ccc2c(-c3nc(Cl)ncc3C)c[nH]c2c1.[C-]#[N+]c1ccc2c(-c3nc(N[C@H]4Cc5ccccc5[C@@H]4NC(=O)OC(C)(C)C)ncc3C)c[nH]c2c1. The highest BCUT2D eigenvalue weighted by Crippen LogP contribution is 2.36. The van der Waals surface area contributed by atoms with Crippen LogP contribution in [0.3, 0.4) is 0 Å². The summed E-state index contributed by atoms with van der Waals surface area (Å²) in [7, 11) is 0. The number of benzene rings is 4. The number of H-pyrrole nitrogens is 2. The normalized spacial score (nSPS) is 16.6. The molecule has 7 N–H and O–H groups in total. The van der Waals surface area contributed by atoms with Gasteiger partial charge in [0.1, 0.15) is 11.2 Å². The molecule has 4 aromatic carbocycles. The first-order chi connectivity index (χ1) is 34.8. The summed E-state index contributed by atoms with van der Waals surface area (Å²) in [6, 6.07) is 26.5.